The van der Waals surface area contributed by atoms with Crippen LogP contribution >= 0.6 is 24.0 Å². The molecule has 1 heterocycles. The van der Waals surface area contributed by atoms with E-state index in [1.807, 2.05) is 0 Å². The largest absolute Gasteiger partial charge is 0.495 e. The minimum Gasteiger partial charge on any atom is -0.495 e. The van der Waals surface area contributed by atoms with Gasteiger partial charge in [0.25, 0.3) is 5.92 Å². The van der Waals surface area contributed by atoms with Crippen LogP contribution in [0.1, 0.15) is 18.4 Å². The van der Waals surface area contributed by atoms with E-state index in [2.05, 4.69) is 16.0 Å². The molecule has 2 amide bonds. The molecule has 0 saturated carbocycles. The molecule has 1 unspecified atom stereocenters. The highest BCUT2D eigenvalue weighted by molar-refractivity contribution is 6.31. The molecule has 0 bridgehead atoms. The van der Waals surface area contributed by atoms with E-state index in [4.69, 9.17) is 16.3 Å². The maximum atomic E-state index is 13.1. The second-order valence-electron chi connectivity index (χ2n) is 5.88. The average Bonchev–Trinajstić information content (AvgIpc) is 2.90. The van der Waals surface area contributed by atoms with Crippen molar-refractivity contribution in [3.05, 3.63) is 22.7 Å². The van der Waals surface area contributed by atoms with Gasteiger partial charge in [0.2, 0.25) is 11.8 Å². The second-order valence-corrected chi connectivity index (χ2v) is 6.29. The van der Waals surface area contributed by atoms with Gasteiger partial charge in [-0.3, -0.25) is 14.9 Å². The molecule has 146 valence electrons. The van der Waals surface area contributed by atoms with Gasteiger partial charge in [-0.05, 0) is 18.6 Å². The first-order valence-corrected chi connectivity index (χ1v) is 8.12. The van der Waals surface area contributed by atoms with Gasteiger partial charge in [-0.2, -0.15) is 0 Å². The molecular weight excluding hydrogens is 391 g/mol. The van der Waals surface area contributed by atoms with Gasteiger partial charge in [-0.15, -0.1) is 12.4 Å². The molecule has 1 aromatic carbocycles. The molecule has 0 aliphatic carbocycles. The summed E-state index contributed by atoms with van der Waals surface area (Å²) in [7, 11) is 1.46. The summed E-state index contributed by atoms with van der Waals surface area (Å²) in [6.45, 7) is 1.33. The van der Waals surface area contributed by atoms with E-state index in [-0.39, 0.29) is 31.3 Å². The van der Waals surface area contributed by atoms with E-state index >= 15 is 0 Å². The van der Waals surface area contributed by atoms with Crippen molar-refractivity contribution in [2.45, 2.75) is 31.7 Å². The van der Waals surface area contributed by atoms with Crippen LogP contribution in [0.3, 0.4) is 0 Å². The maximum absolute atomic E-state index is 13.1. The van der Waals surface area contributed by atoms with Crippen LogP contribution in [0.5, 0.6) is 5.75 Å². The Balaban J connectivity index is 0.00000338. The number of ether oxygens (including phenoxy) is 1. The lowest BCUT2D eigenvalue weighted by molar-refractivity contribution is -0.123. The molecule has 1 aromatic rings. The molecule has 0 radical (unpaired) electrons. The summed E-state index contributed by atoms with van der Waals surface area (Å²) in [4.78, 5) is 23.8. The number of benzene rings is 1. The Morgan fingerprint density at radius 3 is 2.69 bits per heavy atom. The van der Waals surface area contributed by atoms with Crippen molar-refractivity contribution in [3.8, 4) is 5.75 Å². The van der Waals surface area contributed by atoms with Crippen molar-refractivity contribution in [1.82, 2.24) is 10.6 Å². The van der Waals surface area contributed by atoms with Gasteiger partial charge < -0.3 is 15.4 Å². The number of aryl methyl sites for hydroxylation is 1. The second kappa shape index (κ2) is 9.34. The number of carbonyl (C=O) groups excluding carboxylic acids is 2. The standard InChI is InChI=1S/C16H20ClF2N3O3.ClH/c1-9-5-11(13(25-2)6-10(9)17)22-14(23)3-4-20-15(24)12-7-16(18,19)8-21-12;/h5-6,12,21H,3-4,7-8H2,1-2H3,(H,20,24)(H,22,23);1H. The van der Waals surface area contributed by atoms with E-state index in [0.29, 0.717) is 16.5 Å². The highest BCUT2D eigenvalue weighted by Crippen LogP contribution is 2.31. The third-order valence-electron chi connectivity index (χ3n) is 3.83. The third-order valence-corrected chi connectivity index (χ3v) is 4.24. The summed E-state index contributed by atoms with van der Waals surface area (Å²) in [5.41, 5.74) is 1.25. The van der Waals surface area contributed by atoms with Crippen LogP contribution in [0.15, 0.2) is 12.1 Å². The third kappa shape index (κ3) is 5.96. The monoisotopic (exact) mass is 411 g/mol. The molecule has 0 aromatic heterocycles. The van der Waals surface area contributed by atoms with Crippen molar-refractivity contribution in [2.75, 3.05) is 25.5 Å². The van der Waals surface area contributed by atoms with Crippen molar-refractivity contribution >= 4 is 41.5 Å². The Labute approximate surface area is 161 Å². The van der Waals surface area contributed by atoms with Gasteiger partial charge in [-0.25, -0.2) is 8.78 Å². The average molecular weight is 412 g/mol. The summed E-state index contributed by atoms with van der Waals surface area (Å²) in [5.74, 6) is -3.33. The summed E-state index contributed by atoms with van der Waals surface area (Å²) in [6, 6.07) is 2.35. The Morgan fingerprint density at radius 1 is 1.42 bits per heavy atom. The zero-order chi connectivity index (χ0) is 18.6. The number of halogens is 4. The first kappa shape index (κ1) is 22.4. The summed E-state index contributed by atoms with van der Waals surface area (Å²) < 4.78 is 31.3. The molecule has 1 fully saturated rings. The van der Waals surface area contributed by atoms with Crippen molar-refractivity contribution in [1.29, 1.82) is 0 Å². The molecule has 10 heteroatoms. The van der Waals surface area contributed by atoms with E-state index in [9.17, 15) is 18.4 Å². The highest BCUT2D eigenvalue weighted by Gasteiger charge is 2.42. The molecule has 2 rings (SSSR count). The van der Waals surface area contributed by atoms with Gasteiger partial charge in [0.1, 0.15) is 5.75 Å². The predicted molar refractivity (Wildman–Crippen MR) is 97.6 cm³/mol. The number of hydrogen-bond acceptors (Lipinski definition) is 4. The predicted octanol–water partition coefficient (Wildman–Crippen LogP) is 2.52. The lowest BCUT2D eigenvalue weighted by Crippen LogP contribution is -2.41. The SMILES string of the molecule is COc1cc(Cl)c(C)cc1NC(=O)CCNC(=O)C1CC(F)(F)CN1.Cl. The lowest BCUT2D eigenvalue weighted by atomic mass is 10.2. The number of anilines is 1. The van der Waals surface area contributed by atoms with Crippen molar-refractivity contribution in [2.24, 2.45) is 0 Å². The van der Waals surface area contributed by atoms with E-state index in [1.54, 1.807) is 19.1 Å². The normalized spacial score (nSPS) is 18.0. The highest BCUT2D eigenvalue weighted by atomic mass is 35.5. The van der Waals surface area contributed by atoms with Crippen LogP contribution < -0.4 is 20.7 Å². The summed E-state index contributed by atoms with van der Waals surface area (Å²) in [5, 5.41) is 8.13. The van der Waals surface area contributed by atoms with Crippen molar-refractivity contribution in [3.63, 3.8) is 0 Å². The number of rotatable bonds is 6. The van der Waals surface area contributed by atoms with Gasteiger partial charge in [0, 0.05) is 30.5 Å². The van der Waals surface area contributed by atoms with Crippen LogP contribution in [-0.2, 0) is 9.59 Å². The number of methoxy groups -OCH3 is 1. The van der Waals surface area contributed by atoms with Gasteiger partial charge in [0.15, 0.2) is 0 Å². The minimum atomic E-state index is -2.87. The number of alkyl halides is 2. The van der Waals surface area contributed by atoms with Gasteiger partial charge in [0.05, 0.1) is 25.4 Å². The molecule has 1 saturated heterocycles. The minimum absolute atomic E-state index is 0. The van der Waals surface area contributed by atoms with Crippen LogP contribution in [0.4, 0.5) is 14.5 Å². The molecule has 3 N–H and O–H groups in total. The topological polar surface area (TPSA) is 79.5 Å². The zero-order valence-electron chi connectivity index (χ0n) is 14.3. The molecule has 1 aliphatic rings. The fourth-order valence-electron chi connectivity index (χ4n) is 2.47. The Hall–Kier alpha value is -1.64. The lowest BCUT2D eigenvalue weighted by Gasteiger charge is -2.13. The molecule has 6 nitrogen and oxygen atoms in total. The Kier molecular flexibility index (Phi) is 8.05. The summed E-state index contributed by atoms with van der Waals surface area (Å²) in [6.07, 6.45) is -0.536. The van der Waals surface area contributed by atoms with Crippen LogP contribution in [0.2, 0.25) is 5.02 Å². The van der Waals surface area contributed by atoms with Crippen molar-refractivity contribution < 1.29 is 23.1 Å². The Morgan fingerprint density at radius 2 is 2.12 bits per heavy atom. The fraction of sp³-hybridized carbons (Fsp3) is 0.500. The number of hydrogen-bond donors (Lipinski definition) is 3. The first-order valence-electron chi connectivity index (χ1n) is 7.75. The fourth-order valence-corrected chi connectivity index (χ4v) is 2.62. The Bertz CT molecular complexity index is 674. The summed E-state index contributed by atoms with van der Waals surface area (Å²) >= 11 is 6.00. The van der Waals surface area contributed by atoms with E-state index in [0.717, 1.165) is 5.56 Å². The van der Waals surface area contributed by atoms with Crippen LogP contribution in [0, 0.1) is 6.92 Å². The molecule has 1 aliphatic heterocycles. The van der Waals surface area contributed by atoms with Crippen LogP contribution in [0.25, 0.3) is 0 Å². The molecule has 0 spiro atoms. The zero-order valence-corrected chi connectivity index (χ0v) is 15.9. The van der Waals surface area contributed by atoms with Gasteiger partial charge >= 0.3 is 0 Å². The number of nitrogens with one attached hydrogen (secondary N) is 3. The molecular formula is C16H21Cl2F2N3O3. The quantitative estimate of drug-likeness (QED) is 0.671. The number of amides is 2. The smallest absolute Gasteiger partial charge is 0.262 e. The van der Waals surface area contributed by atoms with E-state index < -0.39 is 30.8 Å². The van der Waals surface area contributed by atoms with Crippen LogP contribution in [-0.4, -0.2) is 44.0 Å². The maximum Gasteiger partial charge on any atom is 0.262 e. The van der Waals surface area contributed by atoms with E-state index in [1.165, 1.54) is 7.11 Å². The van der Waals surface area contributed by atoms with Gasteiger partial charge in [-0.1, -0.05) is 11.6 Å². The molecule has 26 heavy (non-hydrogen) atoms. The number of carbonyl (C=O) groups is 2. The molecule has 1 atom stereocenters. The first-order chi connectivity index (χ1) is 11.7.